The molecule has 0 bridgehead atoms. The van der Waals surface area contributed by atoms with Gasteiger partial charge in [-0.2, -0.15) is 0 Å². The summed E-state index contributed by atoms with van der Waals surface area (Å²) in [6, 6.07) is 8.43. The molecule has 0 amide bonds. The van der Waals surface area contributed by atoms with Crippen molar-refractivity contribution in [2.24, 2.45) is 0 Å². The highest BCUT2D eigenvalue weighted by atomic mass is 16.3. The molecule has 2 N–H and O–H groups in total. The lowest BCUT2D eigenvalue weighted by Gasteiger charge is -2.05. The van der Waals surface area contributed by atoms with Gasteiger partial charge in [-0.25, -0.2) is 4.98 Å². The lowest BCUT2D eigenvalue weighted by atomic mass is 10.1. The minimum absolute atomic E-state index is 0.368. The summed E-state index contributed by atoms with van der Waals surface area (Å²) in [5.74, 6) is 1.03. The Labute approximate surface area is 110 Å². The maximum Gasteiger partial charge on any atom is 0.134 e. The van der Waals surface area contributed by atoms with Crippen LogP contribution in [-0.4, -0.2) is 16.5 Å². The van der Waals surface area contributed by atoms with Crippen LogP contribution in [0.3, 0.4) is 0 Å². The van der Waals surface area contributed by atoms with E-state index in [-0.39, 0.29) is 0 Å². The van der Waals surface area contributed by atoms with Crippen molar-refractivity contribution in [3.63, 3.8) is 0 Å². The summed E-state index contributed by atoms with van der Waals surface area (Å²) < 4.78 is 5.57. The number of nitrogens with one attached hydrogen (secondary N) is 2. The average Bonchev–Trinajstić information content (AvgIpc) is 3.18. The first-order valence-electron chi connectivity index (χ1n) is 6.67. The van der Waals surface area contributed by atoms with Gasteiger partial charge in [0.1, 0.15) is 17.7 Å². The van der Waals surface area contributed by atoms with Crippen LogP contribution in [0.5, 0.6) is 0 Å². The van der Waals surface area contributed by atoms with Crippen molar-refractivity contribution in [1.82, 2.24) is 15.3 Å². The molecule has 1 aliphatic rings. The molecule has 1 aliphatic heterocycles. The van der Waals surface area contributed by atoms with Crippen LogP contribution < -0.4 is 5.32 Å². The molecule has 3 heterocycles. The second kappa shape index (κ2) is 4.24. The topological polar surface area (TPSA) is 53.9 Å². The SMILES string of the molecule is c1ccc2c(-c3cnc(C4CCCN4)[nH]3)coc2c1. The lowest BCUT2D eigenvalue weighted by molar-refractivity contribution is 0.612. The highest BCUT2D eigenvalue weighted by molar-refractivity contribution is 5.92. The van der Waals surface area contributed by atoms with Gasteiger partial charge in [-0.05, 0) is 25.5 Å². The second-order valence-corrected chi connectivity index (χ2v) is 4.98. The molecule has 2 aromatic heterocycles. The molecule has 4 nitrogen and oxygen atoms in total. The van der Waals surface area contributed by atoms with E-state index in [1.807, 2.05) is 24.4 Å². The van der Waals surface area contributed by atoms with Crippen molar-refractivity contribution in [1.29, 1.82) is 0 Å². The number of hydrogen-bond donors (Lipinski definition) is 2. The fourth-order valence-corrected chi connectivity index (χ4v) is 2.75. The Hall–Kier alpha value is -2.07. The number of hydrogen-bond acceptors (Lipinski definition) is 3. The average molecular weight is 253 g/mol. The first-order valence-corrected chi connectivity index (χ1v) is 6.67. The van der Waals surface area contributed by atoms with Gasteiger partial charge in [0.05, 0.1) is 17.9 Å². The molecule has 1 saturated heterocycles. The number of imidazole rings is 1. The molecule has 0 radical (unpaired) electrons. The number of H-pyrrole nitrogens is 1. The molecule has 0 saturated carbocycles. The predicted molar refractivity (Wildman–Crippen MR) is 73.8 cm³/mol. The van der Waals surface area contributed by atoms with Crippen LogP contribution in [0.4, 0.5) is 0 Å². The molecular formula is C15H15N3O. The number of furan rings is 1. The molecule has 1 aromatic carbocycles. The fraction of sp³-hybridized carbons (Fsp3) is 0.267. The van der Waals surface area contributed by atoms with E-state index in [0.29, 0.717) is 6.04 Å². The standard InChI is InChI=1S/C15H15N3O/c1-2-6-14-10(4-1)11(9-19-14)13-8-17-15(18-13)12-5-3-7-16-12/h1-2,4,6,8-9,12,16H,3,5,7H2,(H,17,18). The zero-order chi connectivity index (χ0) is 12.7. The van der Waals surface area contributed by atoms with Crippen LogP contribution in [-0.2, 0) is 0 Å². The van der Waals surface area contributed by atoms with Gasteiger partial charge < -0.3 is 14.7 Å². The Morgan fingerprint density at radius 1 is 1.26 bits per heavy atom. The minimum atomic E-state index is 0.368. The Kier molecular flexibility index (Phi) is 2.42. The van der Waals surface area contributed by atoms with Gasteiger partial charge in [0, 0.05) is 10.9 Å². The van der Waals surface area contributed by atoms with Crippen LogP contribution in [0, 0.1) is 0 Å². The van der Waals surface area contributed by atoms with Crippen molar-refractivity contribution >= 4 is 11.0 Å². The van der Waals surface area contributed by atoms with E-state index in [9.17, 15) is 0 Å². The van der Waals surface area contributed by atoms with Crippen LogP contribution in [0.15, 0.2) is 41.1 Å². The van der Waals surface area contributed by atoms with Crippen molar-refractivity contribution < 1.29 is 4.42 Å². The Bertz CT molecular complexity index is 707. The summed E-state index contributed by atoms with van der Waals surface area (Å²) >= 11 is 0. The van der Waals surface area contributed by atoms with E-state index in [1.165, 1.54) is 6.42 Å². The van der Waals surface area contributed by atoms with Crippen LogP contribution >= 0.6 is 0 Å². The van der Waals surface area contributed by atoms with Crippen LogP contribution in [0.1, 0.15) is 24.7 Å². The summed E-state index contributed by atoms with van der Waals surface area (Å²) in [6.07, 6.45) is 6.06. The van der Waals surface area contributed by atoms with Gasteiger partial charge in [-0.1, -0.05) is 18.2 Å². The zero-order valence-electron chi connectivity index (χ0n) is 10.5. The minimum Gasteiger partial charge on any atom is -0.464 e. The van der Waals surface area contributed by atoms with E-state index >= 15 is 0 Å². The number of aromatic nitrogens is 2. The first kappa shape index (κ1) is 10.8. The molecule has 1 atom stereocenters. The Balaban J connectivity index is 1.76. The number of fused-ring (bicyclic) bond motifs is 1. The molecule has 1 unspecified atom stereocenters. The monoisotopic (exact) mass is 253 g/mol. The van der Waals surface area contributed by atoms with E-state index in [1.54, 1.807) is 6.26 Å². The maximum atomic E-state index is 5.57. The third-order valence-electron chi connectivity index (χ3n) is 3.76. The lowest BCUT2D eigenvalue weighted by Crippen LogP contribution is -2.14. The summed E-state index contributed by atoms with van der Waals surface area (Å²) in [4.78, 5) is 7.92. The van der Waals surface area contributed by atoms with Crippen molar-refractivity contribution in [3.8, 4) is 11.3 Å². The molecule has 4 heteroatoms. The summed E-state index contributed by atoms with van der Waals surface area (Å²) in [6.45, 7) is 1.08. The Morgan fingerprint density at radius 2 is 2.21 bits per heavy atom. The third kappa shape index (κ3) is 1.76. The maximum absolute atomic E-state index is 5.57. The number of aromatic amines is 1. The third-order valence-corrected chi connectivity index (χ3v) is 3.76. The van der Waals surface area contributed by atoms with Crippen molar-refractivity contribution in [3.05, 3.63) is 42.5 Å². The van der Waals surface area contributed by atoms with E-state index in [4.69, 9.17) is 4.42 Å². The van der Waals surface area contributed by atoms with Gasteiger partial charge in [0.15, 0.2) is 0 Å². The Morgan fingerprint density at radius 3 is 3.11 bits per heavy atom. The molecule has 19 heavy (non-hydrogen) atoms. The zero-order valence-corrected chi connectivity index (χ0v) is 10.5. The largest absolute Gasteiger partial charge is 0.464 e. The molecular weight excluding hydrogens is 238 g/mol. The molecule has 0 aliphatic carbocycles. The number of nitrogens with zero attached hydrogens (tertiary/aromatic N) is 1. The highest BCUT2D eigenvalue weighted by Gasteiger charge is 2.20. The van der Waals surface area contributed by atoms with Crippen LogP contribution in [0.2, 0.25) is 0 Å². The van der Waals surface area contributed by atoms with Gasteiger partial charge >= 0.3 is 0 Å². The summed E-state index contributed by atoms with van der Waals surface area (Å²) in [5.41, 5.74) is 3.01. The van der Waals surface area contributed by atoms with E-state index < -0.39 is 0 Å². The normalized spacial score (nSPS) is 19.3. The number of rotatable bonds is 2. The van der Waals surface area contributed by atoms with E-state index in [0.717, 1.165) is 41.0 Å². The van der Waals surface area contributed by atoms with Gasteiger partial charge in [0.2, 0.25) is 0 Å². The highest BCUT2D eigenvalue weighted by Crippen LogP contribution is 2.30. The van der Waals surface area contributed by atoms with Crippen molar-refractivity contribution in [2.45, 2.75) is 18.9 Å². The fourth-order valence-electron chi connectivity index (χ4n) is 2.75. The smallest absolute Gasteiger partial charge is 0.134 e. The first-order chi connectivity index (χ1) is 9.42. The molecule has 3 aromatic rings. The van der Waals surface area contributed by atoms with Crippen LogP contribution in [0.25, 0.3) is 22.2 Å². The molecule has 96 valence electrons. The van der Waals surface area contributed by atoms with Gasteiger partial charge in [-0.3, -0.25) is 0 Å². The van der Waals surface area contributed by atoms with E-state index in [2.05, 4.69) is 21.4 Å². The second-order valence-electron chi connectivity index (χ2n) is 4.98. The molecule has 1 fully saturated rings. The van der Waals surface area contributed by atoms with Crippen molar-refractivity contribution in [2.75, 3.05) is 6.54 Å². The summed E-state index contributed by atoms with van der Waals surface area (Å²) in [7, 11) is 0. The number of para-hydroxylation sites is 1. The molecule has 4 rings (SSSR count). The van der Waals surface area contributed by atoms with Gasteiger partial charge in [-0.15, -0.1) is 0 Å². The quantitative estimate of drug-likeness (QED) is 0.737. The molecule has 0 spiro atoms. The predicted octanol–water partition coefficient (Wildman–Crippen LogP) is 3.25. The number of benzene rings is 1. The summed E-state index contributed by atoms with van der Waals surface area (Å²) in [5, 5.41) is 4.57. The van der Waals surface area contributed by atoms with Gasteiger partial charge in [0.25, 0.3) is 0 Å².